The molecule has 1 fully saturated rings. The topological polar surface area (TPSA) is 78.5 Å². The number of halogens is 1. The van der Waals surface area contributed by atoms with Gasteiger partial charge in [0.25, 0.3) is 0 Å². The summed E-state index contributed by atoms with van der Waals surface area (Å²) in [6, 6.07) is 5.18. The Morgan fingerprint density at radius 1 is 1.39 bits per heavy atom. The third kappa shape index (κ3) is 2.90. The van der Waals surface area contributed by atoms with Crippen LogP contribution in [0.4, 0.5) is 5.69 Å². The number of carbonyl (C=O) groups excluding carboxylic acids is 3. The highest BCUT2D eigenvalue weighted by molar-refractivity contribution is 9.09. The molecule has 0 aromatic heterocycles. The largest absolute Gasteiger partial charge is 0.384 e. The van der Waals surface area contributed by atoms with Gasteiger partial charge in [0, 0.05) is 41.7 Å². The number of imide groups is 1. The molecule has 1 saturated heterocycles. The summed E-state index contributed by atoms with van der Waals surface area (Å²) in [6.07, 6.45) is 0.693. The number of hydrogen-bond acceptors (Lipinski definition) is 5. The zero-order valence-electron chi connectivity index (χ0n) is 12.4. The van der Waals surface area contributed by atoms with E-state index in [9.17, 15) is 14.4 Å². The van der Waals surface area contributed by atoms with Crippen molar-refractivity contribution in [1.82, 2.24) is 10.2 Å². The first-order valence-electron chi connectivity index (χ1n) is 7.43. The van der Waals surface area contributed by atoms with E-state index in [0.717, 1.165) is 28.7 Å². The van der Waals surface area contributed by atoms with E-state index in [-0.39, 0.29) is 18.2 Å². The monoisotopic (exact) mass is 377 g/mol. The standard InChI is InChI=1S/C16H16BrN3O3/c17-6-7-18-12-3-1-2-10-11(12)8-20(14(10)9-21)13-4-5-15(22)19-16(13)23/h1-3,13,18H,4-8H2,(H,19,22,23). The van der Waals surface area contributed by atoms with Gasteiger partial charge in [-0.05, 0) is 12.5 Å². The number of nitrogens with zero attached hydrogens (tertiary/aromatic N) is 1. The van der Waals surface area contributed by atoms with Crippen molar-refractivity contribution in [1.29, 1.82) is 0 Å². The Kier molecular flexibility index (Phi) is 4.50. The normalized spacial score (nSPS) is 20.1. The lowest BCUT2D eigenvalue weighted by molar-refractivity contribution is -0.136. The summed E-state index contributed by atoms with van der Waals surface area (Å²) >= 11 is 3.38. The van der Waals surface area contributed by atoms with E-state index < -0.39 is 6.04 Å². The number of fused-ring (bicyclic) bond motifs is 1. The highest BCUT2D eigenvalue weighted by Crippen LogP contribution is 2.38. The van der Waals surface area contributed by atoms with Crippen LogP contribution in [0.3, 0.4) is 0 Å². The van der Waals surface area contributed by atoms with E-state index in [1.165, 1.54) is 0 Å². The molecule has 0 radical (unpaired) electrons. The van der Waals surface area contributed by atoms with Crippen LogP contribution >= 0.6 is 15.9 Å². The number of nitrogens with one attached hydrogen (secondary N) is 2. The van der Waals surface area contributed by atoms with Crippen LogP contribution in [0.2, 0.25) is 0 Å². The molecule has 1 aromatic rings. The molecule has 0 spiro atoms. The maximum Gasteiger partial charge on any atom is 0.249 e. The quantitative estimate of drug-likeness (QED) is 0.469. The summed E-state index contributed by atoms with van der Waals surface area (Å²) in [6.45, 7) is 1.21. The van der Waals surface area contributed by atoms with E-state index >= 15 is 0 Å². The summed E-state index contributed by atoms with van der Waals surface area (Å²) in [7, 11) is 0. The van der Waals surface area contributed by atoms with E-state index in [4.69, 9.17) is 0 Å². The van der Waals surface area contributed by atoms with Gasteiger partial charge in [0.15, 0.2) is 5.94 Å². The number of benzene rings is 1. The molecule has 3 rings (SSSR count). The molecule has 2 heterocycles. The fourth-order valence-corrected chi connectivity index (χ4v) is 3.29. The molecule has 23 heavy (non-hydrogen) atoms. The summed E-state index contributed by atoms with van der Waals surface area (Å²) in [5.74, 6) is 1.36. The molecule has 6 nitrogen and oxygen atoms in total. The van der Waals surface area contributed by atoms with Crippen molar-refractivity contribution in [3.8, 4) is 0 Å². The van der Waals surface area contributed by atoms with Crippen molar-refractivity contribution in [3.05, 3.63) is 29.3 Å². The predicted octanol–water partition coefficient (Wildman–Crippen LogP) is 1.29. The molecular formula is C16H16BrN3O3. The van der Waals surface area contributed by atoms with Gasteiger partial charge in [-0.2, -0.15) is 0 Å². The number of rotatable bonds is 4. The van der Waals surface area contributed by atoms with Crippen LogP contribution in [-0.4, -0.2) is 40.6 Å². The number of alkyl halides is 1. The van der Waals surface area contributed by atoms with Gasteiger partial charge in [-0.25, -0.2) is 4.79 Å². The second-order valence-electron chi connectivity index (χ2n) is 5.49. The van der Waals surface area contributed by atoms with E-state index in [1.807, 2.05) is 24.1 Å². The molecule has 1 unspecified atom stereocenters. The first kappa shape index (κ1) is 15.8. The average Bonchev–Trinajstić information content (AvgIpc) is 2.91. The average molecular weight is 378 g/mol. The van der Waals surface area contributed by atoms with Gasteiger partial charge in [-0.15, -0.1) is 0 Å². The van der Waals surface area contributed by atoms with Crippen LogP contribution in [-0.2, 0) is 20.9 Å². The highest BCUT2D eigenvalue weighted by atomic mass is 79.9. The predicted molar refractivity (Wildman–Crippen MR) is 89.5 cm³/mol. The van der Waals surface area contributed by atoms with Crippen molar-refractivity contribution in [3.63, 3.8) is 0 Å². The van der Waals surface area contributed by atoms with Crippen LogP contribution in [0, 0.1) is 0 Å². The van der Waals surface area contributed by atoms with Gasteiger partial charge in [0.05, 0.1) is 0 Å². The van der Waals surface area contributed by atoms with Gasteiger partial charge in [-0.1, -0.05) is 28.1 Å². The fraction of sp³-hybridized carbons (Fsp3) is 0.375. The molecule has 2 aliphatic heterocycles. The lowest BCUT2D eigenvalue weighted by Gasteiger charge is -2.30. The van der Waals surface area contributed by atoms with Gasteiger partial charge in [-0.3, -0.25) is 14.9 Å². The molecule has 1 aromatic carbocycles. The SMILES string of the molecule is O=C=C1c2cccc(NCCBr)c2CN1C1CCC(=O)NC1=O. The number of hydrogen-bond donors (Lipinski definition) is 2. The zero-order valence-corrected chi connectivity index (χ0v) is 14.0. The van der Waals surface area contributed by atoms with Gasteiger partial charge >= 0.3 is 0 Å². The van der Waals surface area contributed by atoms with Crippen molar-refractivity contribution in [2.45, 2.75) is 25.4 Å². The smallest absolute Gasteiger partial charge is 0.249 e. The molecule has 0 saturated carbocycles. The summed E-state index contributed by atoms with van der Waals surface area (Å²) in [5, 5.41) is 6.46. The Labute approximate surface area is 142 Å². The first-order valence-corrected chi connectivity index (χ1v) is 8.55. The third-order valence-electron chi connectivity index (χ3n) is 4.14. The van der Waals surface area contributed by atoms with Crippen LogP contribution in [0.25, 0.3) is 5.70 Å². The van der Waals surface area contributed by atoms with Crippen LogP contribution in [0.1, 0.15) is 24.0 Å². The summed E-state index contributed by atoms with van der Waals surface area (Å²) in [5.41, 5.74) is 3.11. The van der Waals surface area contributed by atoms with Gasteiger partial charge in [0.1, 0.15) is 11.7 Å². The molecule has 7 heteroatoms. The molecule has 120 valence electrons. The first-order chi connectivity index (χ1) is 11.2. The molecule has 2 aliphatic rings. The van der Waals surface area contributed by atoms with Gasteiger partial charge in [0.2, 0.25) is 11.8 Å². The lowest BCUT2D eigenvalue weighted by atomic mass is 10.0. The minimum absolute atomic E-state index is 0.265. The van der Waals surface area contributed by atoms with Crippen molar-refractivity contribution in [2.75, 3.05) is 17.2 Å². The van der Waals surface area contributed by atoms with Gasteiger partial charge < -0.3 is 10.2 Å². The second kappa shape index (κ2) is 6.56. The minimum Gasteiger partial charge on any atom is -0.384 e. The lowest BCUT2D eigenvalue weighted by Crippen LogP contribution is -2.50. The Morgan fingerprint density at radius 2 is 2.22 bits per heavy atom. The number of piperidine rings is 1. The van der Waals surface area contributed by atoms with E-state index in [2.05, 4.69) is 26.6 Å². The van der Waals surface area contributed by atoms with Crippen molar-refractivity contribution >= 4 is 45.1 Å². The molecule has 2 N–H and O–H groups in total. The molecule has 1 atom stereocenters. The zero-order chi connectivity index (χ0) is 16.4. The summed E-state index contributed by atoms with van der Waals surface area (Å²) < 4.78 is 0. The van der Waals surface area contributed by atoms with Crippen molar-refractivity contribution in [2.24, 2.45) is 0 Å². The Hall–Kier alpha value is -2.11. The molecule has 0 bridgehead atoms. The summed E-state index contributed by atoms with van der Waals surface area (Å²) in [4.78, 5) is 36.7. The van der Waals surface area contributed by atoms with Crippen LogP contribution < -0.4 is 10.6 Å². The Morgan fingerprint density at radius 3 is 2.91 bits per heavy atom. The maximum atomic E-state index is 12.1. The Bertz CT molecular complexity index is 713. The van der Waals surface area contributed by atoms with Crippen LogP contribution in [0.15, 0.2) is 18.2 Å². The van der Waals surface area contributed by atoms with E-state index in [1.54, 1.807) is 4.90 Å². The Balaban J connectivity index is 1.92. The highest BCUT2D eigenvalue weighted by Gasteiger charge is 2.38. The van der Waals surface area contributed by atoms with E-state index in [0.29, 0.717) is 18.7 Å². The maximum absolute atomic E-state index is 12.1. The molecule has 2 amide bonds. The van der Waals surface area contributed by atoms with Crippen molar-refractivity contribution < 1.29 is 14.4 Å². The third-order valence-corrected chi connectivity index (χ3v) is 4.54. The molecule has 0 aliphatic carbocycles. The fourth-order valence-electron chi connectivity index (χ4n) is 3.09. The number of amides is 2. The second-order valence-corrected chi connectivity index (χ2v) is 6.29. The molecular weight excluding hydrogens is 362 g/mol. The number of carbonyl (C=O) groups is 2. The minimum atomic E-state index is -0.513. The number of anilines is 1. The van der Waals surface area contributed by atoms with Crippen LogP contribution in [0.5, 0.6) is 0 Å².